The molecule has 18 heavy (non-hydrogen) atoms. The lowest BCUT2D eigenvalue weighted by Crippen LogP contribution is -2.03. The van der Waals surface area contributed by atoms with Crippen molar-refractivity contribution in [2.75, 3.05) is 7.11 Å². The van der Waals surface area contributed by atoms with Crippen molar-refractivity contribution in [3.8, 4) is 0 Å². The predicted octanol–water partition coefficient (Wildman–Crippen LogP) is 3.11. The van der Waals surface area contributed by atoms with Gasteiger partial charge in [-0.15, -0.1) is 0 Å². The number of rotatable bonds is 3. The number of carbonyl (C=O) groups is 1. The zero-order valence-electron chi connectivity index (χ0n) is 11.3. The summed E-state index contributed by atoms with van der Waals surface area (Å²) in [6.45, 7) is 6.20. The molecule has 0 saturated heterocycles. The van der Waals surface area contributed by atoms with Gasteiger partial charge in [0.2, 0.25) is 0 Å². The first-order valence-electron chi connectivity index (χ1n) is 5.89. The van der Waals surface area contributed by atoms with Gasteiger partial charge in [-0.25, -0.2) is 4.79 Å². The van der Waals surface area contributed by atoms with Crippen LogP contribution in [0.5, 0.6) is 0 Å². The Morgan fingerprint density at radius 2 is 1.83 bits per heavy atom. The number of hydrogen-bond donors (Lipinski definition) is 1. The number of methoxy groups -OCH3 is 1. The molecule has 1 aromatic rings. The van der Waals surface area contributed by atoms with Crippen molar-refractivity contribution in [2.45, 2.75) is 26.9 Å². The van der Waals surface area contributed by atoms with E-state index in [4.69, 9.17) is 0 Å². The third-order valence-electron chi connectivity index (χ3n) is 2.45. The molecular weight excluding hydrogens is 228 g/mol. The first-order valence-corrected chi connectivity index (χ1v) is 5.89. The minimum atomic E-state index is -0.657. The van der Waals surface area contributed by atoms with E-state index in [1.54, 1.807) is 30.3 Å². The summed E-state index contributed by atoms with van der Waals surface area (Å²) in [4.78, 5) is 11.3. The second-order valence-corrected chi connectivity index (χ2v) is 5.28. The molecule has 1 atom stereocenters. The monoisotopic (exact) mass is 248 g/mol. The Balaban J connectivity index is 2.79. The molecule has 0 aliphatic rings. The van der Waals surface area contributed by atoms with Crippen LogP contribution in [0.1, 0.15) is 42.8 Å². The van der Waals surface area contributed by atoms with Crippen molar-refractivity contribution in [2.24, 2.45) is 5.41 Å². The van der Waals surface area contributed by atoms with Crippen LogP contribution in [-0.4, -0.2) is 18.2 Å². The molecule has 1 N–H and O–H groups in total. The molecule has 1 rings (SSSR count). The number of carbonyl (C=O) groups excluding carboxylic acids is 1. The highest BCUT2D eigenvalue weighted by Crippen LogP contribution is 2.20. The van der Waals surface area contributed by atoms with Crippen molar-refractivity contribution in [3.63, 3.8) is 0 Å². The lowest BCUT2D eigenvalue weighted by molar-refractivity contribution is 0.0600. The van der Waals surface area contributed by atoms with Gasteiger partial charge in [0.1, 0.15) is 0 Å². The number of benzene rings is 1. The van der Waals surface area contributed by atoms with Crippen molar-refractivity contribution in [1.82, 2.24) is 0 Å². The largest absolute Gasteiger partial charge is 0.465 e. The molecule has 0 radical (unpaired) electrons. The summed E-state index contributed by atoms with van der Waals surface area (Å²) in [6, 6.07) is 6.75. The predicted molar refractivity (Wildman–Crippen MR) is 71.3 cm³/mol. The fourth-order valence-corrected chi connectivity index (χ4v) is 1.43. The van der Waals surface area contributed by atoms with Crippen LogP contribution in [0.25, 0.3) is 0 Å². The van der Waals surface area contributed by atoms with Crippen LogP contribution in [-0.2, 0) is 4.74 Å². The van der Waals surface area contributed by atoms with Gasteiger partial charge in [-0.05, 0) is 23.1 Å². The quantitative estimate of drug-likeness (QED) is 0.660. The molecule has 0 fully saturated rings. The van der Waals surface area contributed by atoms with Gasteiger partial charge in [0.25, 0.3) is 0 Å². The van der Waals surface area contributed by atoms with Crippen molar-refractivity contribution < 1.29 is 14.6 Å². The number of aliphatic hydroxyl groups is 1. The minimum absolute atomic E-state index is 0.0347. The Labute approximate surface area is 108 Å². The highest BCUT2D eigenvalue weighted by Gasteiger charge is 2.09. The Morgan fingerprint density at radius 1 is 1.28 bits per heavy atom. The van der Waals surface area contributed by atoms with E-state index in [0.717, 1.165) is 5.56 Å². The van der Waals surface area contributed by atoms with Gasteiger partial charge in [-0.3, -0.25) is 0 Å². The average molecular weight is 248 g/mol. The Morgan fingerprint density at radius 3 is 2.28 bits per heavy atom. The van der Waals surface area contributed by atoms with Crippen molar-refractivity contribution in [1.29, 1.82) is 0 Å². The fourth-order valence-electron chi connectivity index (χ4n) is 1.43. The van der Waals surface area contributed by atoms with Gasteiger partial charge in [-0.2, -0.15) is 0 Å². The van der Waals surface area contributed by atoms with Crippen LogP contribution in [0.3, 0.4) is 0 Å². The number of ether oxygens (including phenoxy) is 1. The third kappa shape index (κ3) is 4.34. The average Bonchev–Trinajstić information content (AvgIpc) is 2.34. The number of allylic oxidation sites excluding steroid dienone is 1. The van der Waals surface area contributed by atoms with E-state index in [9.17, 15) is 9.90 Å². The molecular formula is C15H20O3. The van der Waals surface area contributed by atoms with Crippen LogP contribution < -0.4 is 0 Å². The molecule has 0 aliphatic heterocycles. The maximum absolute atomic E-state index is 11.3. The summed E-state index contributed by atoms with van der Waals surface area (Å²) in [7, 11) is 1.34. The summed E-state index contributed by atoms with van der Waals surface area (Å²) in [5.74, 6) is -0.374. The zero-order valence-corrected chi connectivity index (χ0v) is 11.3. The molecule has 0 bridgehead atoms. The third-order valence-corrected chi connectivity index (χ3v) is 2.45. The maximum Gasteiger partial charge on any atom is 0.337 e. The molecule has 0 unspecified atom stereocenters. The van der Waals surface area contributed by atoms with E-state index in [2.05, 4.69) is 25.5 Å². The minimum Gasteiger partial charge on any atom is -0.465 e. The van der Waals surface area contributed by atoms with Gasteiger partial charge in [-0.1, -0.05) is 45.1 Å². The second-order valence-electron chi connectivity index (χ2n) is 5.28. The number of aliphatic hydroxyl groups excluding tert-OH is 1. The zero-order chi connectivity index (χ0) is 13.8. The fraction of sp³-hybridized carbons (Fsp3) is 0.400. The number of hydrogen-bond acceptors (Lipinski definition) is 3. The van der Waals surface area contributed by atoms with E-state index in [0.29, 0.717) is 5.56 Å². The normalized spacial score (nSPS) is 13.6. The van der Waals surface area contributed by atoms with Gasteiger partial charge >= 0.3 is 5.97 Å². The van der Waals surface area contributed by atoms with Crippen molar-refractivity contribution in [3.05, 3.63) is 47.5 Å². The molecule has 0 aliphatic carbocycles. The van der Waals surface area contributed by atoms with Crippen LogP contribution in [0.15, 0.2) is 36.4 Å². The maximum atomic E-state index is 11.3. The molecule has 98 valence electrons. The summed E-state index contributed by atoms with van der Waals surface area (Å²) in [5.41, 5.74) is 1.27. The van der Waals surface area contributed by atoms with Gasteiger partial charge < -0.3 is 9.84 Å². The Bertz CT molecular complexity index is 424. The van der Waals surface area contributed by atoms with Crippen LogP contribution in [0.2, 0.25) is 0 Å². The van der Waals surface area contributed by atoms with Crippen LogP contribution in [0, 0.1) is 5.41 Å². The highest BCUT2D eigenvalue weighted by molar-refractivity contribution is 5.89. The topological polar surface area (TPSA) is 46.5 Å². The molecule has 0 aromatic heterocycles. The van der Waals surface area contributed by atoms with Gasteiger partial charge in [0.15, 0.2) is 0 Å². The summed E-state index contributed by atoms with van der Waals surface area (Å²) >= 11 is 0. The van der Waals surface area contributed by atoms with Crippen molar-refractivity contribution >= 4 is 5.97 Å². The smallest absolute Gasteiger partial charge is 0.337 e. The molecule has 1 aromatic carbocycles. The van der Waals surface area contributed by atoms with E-state index >= 15 is 0 Å². The van der Waals surface area contributed by atoms with Gasteiger partial charge in [0.05, 0.1) is 18.8 Å². The molecule has 0 spiro atoms. The summed E-state index contributed by atoms with van der Waals surface area (Å²) in [6.07, 6.45) is 3.06. The summed E-state index contributed by atoms with van der Waals surface area (Å²) in [5, 5.41) is 9.97. The Hall–Kier alpha value is -1.61. The Kier molecular flexibility index (Phi) is 4.68. The SMILES string of the molecule is COC(=O)c1ccc([C@@H](O)/C=C/C(C)(C)C)cc1. The van der Waals surface area contributed by atoms with Crippen LogP contribution >= 0.6 is 0 Å². The summed E-state index contributed by atoms with van der Waals surface area (Å²) < 4.78 is 4.61. The molecule has 0 amide bonds. The standard InChI is InChI=1S/C15H20O3/c1-15(2,3)10-9-13(16)11-5-7-12(8-6-11)14(17)18-4/h5-10,13,16H,1-4H3/b10-9+/t13-/m0/s1. The van der Waals surface area contributed by atoms with Crippen LogP contribution in [0.4, 0.5) is 0 Å². The molecule has 0 heterocycles. The lowest BCUT2D eigenvalue weighted by Gasteiger charge is -2.13. The molecule has 0 saturated carbocycles. The second kappa shape index (κ2) is 5.83. The first kappa shape index (κ1) is 14.5. The van der Waals surface area contributed by atoms with E-state index in [1.807, 2.05) is 6.08 Å². The van der Waals surface area contributed by atoms with E-state index in [1.165, 1.54) is 7.11 Å². The van der Waals surface area contributed by atoms with E-state index in [-0.39, 0.29) is 11.4 Å². The van der Waals surface area contributed by atoms with Gasteiger partial charge in [0, 0.05) is 0 Å². The first-order chi connectivity index (χ1) is 8.33. The molecule has 3 nitrogen and oxygen atoms in total. The highest BCUT2D eigenvalue weighted by atomic mass is 16.5. The van der Waals surface area contributed by atoms with E-state index < -0.39 is 6.10 Å². The molecule has 3 heteroatoms. The number of esters is 1. The lowest BCUT2D eigenvalue weighted by atomic mass is 9.94.